The van der Waals surface area contributed by atoms with Crippen LogP contribution in [0.1, 0.15) is 20.3 Å². The van der Waals surface area contributed by atoms with Gasteiger partial charge in [-0.1, -0.05) is 0 Å². The molecule has 2 aliphatic rings. The molecular formula is C11H20O4S2. The van der Waals surface area contributed by atoms with Gasteiger partial charge in [-0.15, -0.1) is 23.5 Å². The molecule has 0 aromatic carbocycles. The quantitative estimate of drug-likeness (QED) is 0.789. The van der Waals surface area contributed by atoms with Gasteiger partial charge in [-0.2, -0.15) is 0 Å². The monoisotopic (exact) mass is 280 g/mol. The maximum absolute atomic E-state index is 10.2. The van der Waals surface area contributed by atoms with Crippen LogP contribution < -0.4 is 0 Å². The summed E-state index contributed by atoms with van der Waals surface area (Å²) in [5.41, 5.74) is 0. The Morgan fingerprint density at radius 2 is 1.88 bits per heavy atom. The highest BCUT2D eigenvalue weighted by Gasteiger charge is 2.46. The molecule has 2 N–H and O–H groups in total. The Balaban J connectivity index is 2.07. The molecule has 0 unspecified atom stereocenters. The van der Waals surface area contributed by atoms with E-state index < -0.39 is 18.0 Å². The van der Waals surface area contributed by atoms with Gasteiger partial charge in [0.05, 0.1) is 11.2 Å². The fourth-order valence-electron chi connectivity index (χ4n) is 2.13. The van der Waals surface area contributed by atoms with E-state index in [1.165, 1.54) is 6.42 Å². The highest BCUT2D eigenvalue weighted by Crippen LogP contribution is 2.40. The van der Waals surface area contributed by atoms with Crippen LogP contribution >= 0.6 is 23.5 Å². The molecule has 6 heteroatoms. The topological polar surface area (TPSA) is 58.9 Å². The van der Waals surface area contributed by atoms with Crippen molar-refractivity contribution in [3.05, 3.63) is 0 Å². The predicted molar refractivity (Wildman–Crippen MR) is 70.2 cm³/mol. The van der Waals surface area contributed by atoms with E-state index in [2.05, 4.69) is 0 Å². The molecule has 100 valence electrons. The lowest BCUT2D eigenvalue weighted by atomic mass is 10.1. The average molecular weight is 280 g/mol. The lowest BCUT2D eigenvalue weighted by molar-refractivity contribution is -0.332. The summed E-state index contributed by atoms with van der Waals surface area (Å²) in [4.78, 5) is 0. The van der Waals surface area contributed by atoms with Crippen LogP contribution in [0.5, 0.6) is 0 Å². The number of hydrogen-bond donors (Lipinski definition) is 2. The zero-order chi connectivity index (χ0) is 12.5. The third-order valence-corrected chi connectivity index (χ3v) is 5.93. The van der Waals surface area contributed by atoms with Crippen LogP contribution in [0.3, 0.4) is 0 Å². The first-order valence-electron chi connectivity index (χ1n) is 5.91. The van der Waals surface area contributed by atoms with Crippen molar-refractivity contribution < 1.29 is 19.7 Å². The number of rotatable bonds is 2. The minimum atomic E-state index is -0.754. The lowest BCUT2D eigenvalue weighted by Crippen LogP contribution is -2.58. The summed E-state index contributed by atoms with van der Waals surface area (Å²) in [6.07, 6.45) is -0.368. The Labute approximate surface area is 110 Å². The van der Waals surface area contributed by atoms with Crippen molar-refractivity contribution in [3.63, 3.8) is 0 Å². The number of thioether (sulfide) groups is 2. The van der Waals surface area contributed by atoms with Gasteiger partial charge in [0.1, 0.15) is 18.3 Å². The lowest BCUT2D eigenvalue weighted by Gasteiger charge is -2.46. The van der Waals surface area contributed by atoms with Crippen molar-refractivity contribution in [1.82, 2.24) is 0 Å². The number of ether oxygens (including phenoxy) is 2. The smallest absolute Gasteiger partial charge is 0.163 e. The molecule has 0 radical (unpaired) electrons. The van der Waals surface area contributed by atoms with Crippen molar-refractivity contribution in [3.8, 4) is 0 Å². The number of aliphatic hydroxyl groups is 2. The van der Waals surface area contributed by atoms with E-state index in [-0.39, 0.29) is 17.3 Å². The van der Waals surface area contributed by atoms with Crippen molar-refractivity contribution in [2.24, 2.45) is 0 Å². The molecule has 4 nitrogen and oxygen atoms in total. The van der Waals surface area contributed by atoms with Crippen LogP contribution in [-0.4, -0.2) is 57.0 Å². The Kier molecular flexibility index (Phi) is 4.66. The number of aliphatic hydroxyl groups excluding tert-OH is 2. The summed E-state index contributed by atoms with van der Waals surface area (Å²) >= 11 is 3.66. The third kappa shape index (κ3) is 3.30. The molecule has 2 heterocycles. The molecule has 2 fully saturated rings. The van der Waals surface area contributed by atoms with Gasteiger partial charge >= 0.3 is 0 Å². The second-order valence-electron chi connectivity index (χ2n) is 4.78. The second-order valence-corrected chi connectivity index (χ2v) is 7.57. The summed E-state index contributed by atoms with van der Waals surface area (Å²) in [6, 6.07) is 0. The van der Waals surface area contributed by atoms with Gasteiger partial charge in [0.25, 0.3) is 0 Å². The molecule has 0 aliphatic carbocycles. The Hall–Kier alpha value is 0.540. The van der Waals surface area contributed by atoms with Crippen LogP contribution in [0.2, 0.25) is 0 Å². The van der Waals surface area contributed by atoms with Crippen LogP contribution in [0, 0.1) is 0 Å². The third-order valence-electron chi connectivity index (χ3n) is 2.87. The largest absolute Gasteiger partial charge is 0.394 e. The van der Waals surface area contributed by atoms with Crippen molar-refractivity contribution in [2.75, 3.05) is 18.1 Å². The van der Waals surface area contributed by atoms with Gasteiger partial charge in [0.15, 0.2) is 5.79 Å². The zero-order valence-corrected chi connectivity index (χ0v) is 11.8. The summed E-state index contributed by atoms with van der Waals surface area (Å²) in [7, 11) is 0. The second kappa shape index (κ2) is 5.67. The maximum atomic E-state index is 10.2. The number of hydrogen-bond acceptors (Lipinski definition) is 6. The van der Waals surface area contributed by atoms with Crippen LogP contribution in [0.4, 0.5) is 0 Å². The van der Waals surface area contributed by atoms with Gasteiger partial charge < -0.3 is 19.7 Å². The van der Waals surface area contributed by atoms with E-state index >= 15 is 0 Å². The molecule has 2 aliphatic heterocycles. The Morgan fingerprint density at radius 3 is 2.47 bits per heavy atom. The van der Waals surface area contributed by atoms with Crippen LogP contribution in [0.25, 0.3) is 0 Å². The van der Waals surface area contributed by atoms with E-state index in [1.54, 1.807) is 0 Å². The molecule has 0 aromatic rings. The molecule has 0 aromatic heterocycles. The molecular weight excluding hydrogens is 260 g/mol. The minimum absolute atomic E-state index is 0.174. The molecule has 17 heavy (non-hydrogen) atoms. The van der Waals surface area contributed by atoms with E-state index in [0.29, 0.717) is 0 Å². The van der Waals surface area contributed by atoms with E-state index in [1.807, 2.05) is 37.4 Å². The van der Waals surface area contributed by atoms with Crippen molar-refractivity contribution in [2.45, 2.75) is 48.9 Å². The highest BCUT2D eigenvalue weighted by molar-refractivity contribution is 8.17. The summed E-state index contributed by atoms with van der Waals surface area (Å²) in [5.74, 6) is 1.47. The van der Waals surface area contributed by atoms with Gasteiger partial charge in [-0.25, -0.2) is 0 Å². The summed E-state index contributed by atoms with van der Waals surface area (Å²) < 4.78 is 11.6. The first kappa shape index (κ1) is 14.0. The Bertz CT molecular complexity index is 254. The van der Waals surface area contributed by atoms with Gasteiger partial charge in [-0.05, 0) is 31.8 Å². The molecule has 0 spiro atoms. The zero-order valence-electron chi connectivity index (χ0n) is 10.2. The summed E-state index contributed by atoms with van der Waals surface area (Å²) in [6.45, 7) is 3.48. The fraction of sp³-hybridized carbons (Fsp3) is 1.00. The summed E-state index contributed by atoms with van der Waals surface area (Å²) in [5, 5.41) is 19.4. The maximum Gasteiger partial charge on any atom is 0.163 e. The van der Waals surface area contributed by atoms with Crippen molar-refractivity contribution >= 4 is 23.5 Å². The van der Waals surface area contributed by atoms with Gasteiger partial charge in [0, 0.05) is 0 Å². The Morgan fingerprint density at radius 1 is 1.24 bits per heavy atom. The SMILES string of the molecule is CC1(C)O[C@H](CO)[C@@H](O)[C@H](C2SCCCS2)O1. The van der Waals surface area contributed by atoms with E-state index in [4.69, 9.17) is 9.47 Å². The minimum Gasteiger partial charge on any atom is -0.394 e. The van der Waals surface area contributed by atoms with Gasteiger partial charge in [0.2, 0.25) is 0 Å². The normalized spacial score (nSPS) is 39.2. The molecule has 0 saturated carbocycles. The van der Waals surface area contributed by atoms with Gasteiger partial charge in [-0.3, -0.25) is 0 Å². The molecule has 3 atom stereocenters. The highest BCUT2D eigenvalue weighted by atomic mass is 32.2. The van der Waals surface area contributed by atoms with E-state index in [9.17, 15) is 10.2 Å². The first-order valence-corrected chi connectivity index (χ1v) is 8.01. The van der Waals surface area contributed by atoms with E-state index in [0.717, 1.165) is 11.5 Å². The average Bonchev–Trinajstić information content (AvgIpc) is 2.33. The molecule has 2 rings (SSSR count). The fourth-order valence-corrected chi connectivity index (χ4v) is 5.17. The predicted octanol–water partition coefficient (Wildman–Crippen LogP) is 1.06. The molecule has 0 amide bonds. The molecule has 0 bridgehead atoms. The van der Waals surface area contributed by atoms with Crippen LogP contribution in [-0.2, 0) is 9.47 Å². The molecule has 2 saturated heterocycles. The first-order chi connectivity index (χ1) is 8.03. The van der Waals surface area contributed by atoms with Crippen molar-refractivity contribution in [1.29, 1.82) is 0 Å². The van der Waals surface area contributed by atoms with Crippen LogP contribution in [0.15, 0.2) is 0 Å². The standard InChI is InChI=1S/C11H20O4S2/c1-11(2)14-7(6-12)8(13)9(15-11)10-16-4-3-5-17-10/h7-10,12-13H,3-6H2,1-2H3/t7-,8-,9-/m1/s1.